The molecule has 0 aromatic heterocycles. The van der Waals surface area contributed by atoms with E-state index in [-0.39, 0.29) is 5.91 Å². The normalized spacial score (nSPS) is 10.2. The average Bonchev–Trinajstić information content (AvgIpc) is 2.38. The van der Waals surface area contributed by atoms with Gasteiger partial charge in [-0.2, -0.15) is 0 Å². The third-order valence-corrected chi connectivity index (χ3v) is 3.31. The Morgan fingerprint density at radius 2 is 1.95 bits per heavy atom. The number of aryl methyl sites for hydroxylation is 2. The highest BCUT2D eigenvalue weighted by Gasteiger charge is 2.10. The number of hydrogen-bond acceptors (Lipinski definition) is 3. The van der Waals surface area contributed by atoms with Gasteiger partial charge in [-0.3, -0.25) is 4.79 Å². The molecule has 0 heterocycles. The first kappa shape index (κ1) is 14.9. The number of nitrogens with two attached hydrogens (primary N) is 1. The maximum Gasteiger partial charge on any atom is 0.243 e. The molecule has 0 aliphatic rings. The van der Waals surface area contributed by atoms with Gasteiger partial charge in [0, 0.05) is 24.1 Å². The molecule has 0 spiro atoms. The first-order chi connectivity index (χ1) is 9.95. The fraction of sp³-hybridized carbons (Fsp3) is 0.235. The van der Waals surface area contributed by atoms with Crippen LogP contribution in [0, 0.1) is 13.8 Å². The van der Waals surface area contributed by atoms with Crippen LogP contribution < -0.4 is 16.0 Å². The summed E-state index contributed by atoms with van der Waals surface area (Å²) in [6, 6.07) is 13.4. The minimum absolute atomic E-state index is 0.0666. The lowest BCUT2D eigenvalue weighted by Gasteiger charge is -2.21. The molecule has 4 heteroatoms. The Morgan fingerprint density at radius 1 is 1.19 bits per heavy atom. The summed E-state index contributed by atoms with van der Waals surface area (Å²) in [6.45, 7) is 4.40. The number of nitrogens with zero attached hydrogens (tertiary/aromatic N) is 1. The zero-order valence-corrected chi connectivity index (χ0v) is 12.7. The van der Waals surface area contributed by atoms with E-state index in [4.69, 9.17) is 5.73 Å². The summed E-state index contributed by atoms with van der Waals surface area (Å²) in [5.41, 5.74) is 10.5. The van der Waals surface area contributed by atoms with E-state index in [9.17, 15) is 4.79 Å². The van der Waals surface area contributed by atoms with Crippen LogP contribution in [0.25, 0.3) is 0 Å². The highest BCUT2D eigenvalue weighted by molar-refractivity contribution is 5.94. The monoisotopic (exact) mass is 283 g/mol. The maximum atomic E-state index is 12.1. The summed E-state index contributed by atoms with van der Waals surface area (Å²) < 4.78 is 0. The van der Waals surface area contributed by atoms with Crippen LogP contribution in [0.2, 0.25) is 0 Å². The molecule has 4 nitrogen and oxygen atoms in total. The minimum Gasteiger partial charge on any atom is -0.399 e. The summed E-state index contributed by atoms with van der Waals surface area (Å²) in [6.07, 6.45) is 0. The Morgan fingerprint density at radius 3 is 2.62 bits per heavy atom. The predicted molar refractivity (Wildman–Crippen MR) is 88.7 cm³/mol. The molecule has 0 saturated carbocycles. The lowest BCUT2D eigenvalue weighted by Crippen LogP contribution is -2.30. The van der Waals surface area contributed by atoms with Crippen LogP contribution in [0.1, 0.15) is 11.1 Å². The second kappa shape index (κ2) is 6.31. The molecule has 0 aliphatic heterocycles. The molecule has 2 aromatic carbocycles. The molecule has 0 atom stereocenters. The van der Waals surface area contributed by atoms with Gasteiger partial charge in [0.15, 0.2) is 0 Å². The van der Waals surface area contributed by atoms with Crippen molar-refractivity contribution in [3.63, 3.8) is 0 Å². The lowest BCUT2D eigenvalue weighted by molar-refractivity contribution is -0.114. The SMILES string of the molecule is Cc1ccc(N(C)CC(=O)Nc2cccc(N)c2)c(C)c1. The van der Waals surface area contributed by atoms with Crippen LogP contribution in [0.5, 0.6) is 0 Å². The van der Waals surface area contributed by atoms with Crippen molar-refractivity contribution in [1.29, 1.82) is 0 Å². The number of rotatable bonds is 4. The van der Waals surface area contributed by atoms with Gasteiger partial charge in [-0.15, -0.1) is 0 Å². The number of likely N-dealkylation sites (N-methyl/N-ethyl adjacent to an activating group) is 1. The molecule has 110 valence electrons. The number of nitrogen functional groups attached to an aromatic ring is 1. The summed E-state index contributed by atoms with van der Waals surface area (Å²) in [4.78, 5) is 14.0. The highest BCUT2D eigenvalue weighted by atomic mass is 16.2. The Hall–Kier alpha value is -2.49. The third kappa shape index (κ3) is 3.99. The minimum atomic E-state index is -0.0666. The van der Waals surface area contributed by atoms with Gasteiger partial charge in [0.05, 0.1) is 6.54 Å². The van der Waals surface area contributed by atoms with Crippen LogP contribution >= 0.6 is 0 Å². The van der Waals surface area contributed by atoms with Crippen molar-refractivity contribution in [3.8, 4) is 0 Å². The molecular formula is C17H21N3O. The van der Waals surface area contributed by atoms with Crippen molar-refractivity contribution in [2.75, 3.05) is 29.5 Å². The van der Waals surface area contributed by atoms with E-state index < -0.39 is 0 Å². The van der Waals surface area contributed by atoms with Crippen LogP contribution in [0.3, 0.4) is 0 Å². The summed E-state index contributed by atoms with van der Waals surface area (Å²) in [5.74, 6) is -0.0666. The summed E-state index contributed by atoms with van der Waals surface area (Å²) >= 11 is 0. The van der Waals surface area contributed by atoms with Gasteiger partial charge in [-0.1, -0.05) is 23.8 Å². The van der Waals surface area contributed by atoms with Gasteiger partial charge in [0.25, 0.3) is 0 Å². The third-order valence-electron chi connectivity index (χ3n) is 3.31. The molecule has 0 fully saturated rings. The van der Waals surface area contributed by atoms with Crippen LogP contribution in [-0.2, 0) is 4.79 Å². The van der Waals surface area contributed by atoms with Crippen LogP contribution in [0.4, 0.5) is 17.1 Å². The molecule has 2 aromatic rings. The zero-order valence-electron chi connectivity index (χ0n) is 12.7. The van der Waals surface area contributed by atoms with E-state index in [0.717, 1.165) is 11.3 Å². The van der Waals surface area contributed by atoms with Crippen molar-refractivity contribution in [2.45, 2.75) is 13.8 Å². The number of anilines is 3. The fourth-order valence-corrected chi connectivity index (χ4v) is 2.35. The molecule has 0 radical (unpaired) electrons. The second-order valence-corrected chi connectivity index (χ2v) is 5.32. The van der Waals surface area contributed by atoms with Crippen molar-refractivity contribution in [1.82, 2.24) is 0 Å². The number of amides is 1. The number of nitrogens with one attached hydrogen (secondary N) is 1. The van der Waals surface area contributed by atoms with Gasteiger partial charge in [-0.25, -0.2) is 0 Å². The van der Waals surface area contributed by atoms with Crippen molar-refractivity contribution < 1.29 is 4.79 Å². The predicted octanol–water partition coefficient (Wildman–Crippen LogP) is 2.96. The maximum absolute atomic E-state index is 12.1. The Balaban J connectivity index is 2.02. The fourth-order valence-electron chi connectivity index (χ4n) is 2.35. The van der Waals surface area contributed by atoms with E-state index in [2.05, 4.69) is 31.3 Å². The van der Waals surface area contributed by atoms with Gasteiger partial charge < -0.3 is 16.0 Å². The van der Waals surface area contributed by atoms with Crippen LogP contribution in [0.15, 0.2) is 42.5 Å². The Kier molecular flexibility index (Phi) is 4.48. The standard InChI is InChI=1S/C17H21N3O/c1-12-7-8-16(13(2)9-12)20(3)11-17(21)19-15-6-4-5-14(18)10-15/h4-10H,11,18H2,1-3H3,(H,19,21). The molecule has 0 aliphatic carbocycles. The highest BCUT2D eigenvalue weighted by Crippen LogP contribution is 2.20. The first-order valence-corrected chi connectivity index (χ1v) is 6.89. The Bertz CT molecular complexity index is 652. The van der Waals surface area contributed by atoms with Crippen molar-refractivity contribution in [3.05, 3.63) is 53.6 Å². The quantitative estimate of drug-likeness (QED) is 0.848. The number of benzene rings is 2. The van der Waals surface area contributed by atoms with E-state index >= 15 is 0 Å². The van der Waals surface area contributed by atoms with E-state index in [1.54, 1.807) is 12.1 Å². The van der Waals surface area contributed by atoms with Gasteiger partial charge in [-0.05, 0) is 43.7 Å². The number of carbonyl (C=O) groups is 1. The topological polar surface area (TPSA) is 58.4 Å². The number of hydrogen-bond donors (Lipinski definition) is 2. The second-order valence-electron chi connectivity index (χ2n) is 5.32. The number of carbonyl (C=O) groups excluding carboxylic acids is 1. The summed E-state index contributed by atoms with van der Waals surface area (Å²) in [5, 5.41) is 2.85. The van der Waals surface area contributed by atoms with Gasteiger partial charge in [0.1, 0.15) is 0 Å². The van der Waals surface area contributed by atoms with Crippen LogP contribution in [-0.4, -0.2) is 19.5 Å². The molecule has 3 N–H and O–H groups in total. The molecule has 21 heavy (non-hydrogen) atoms. The zero-order chi connectivity index (χ0) is 15.4. The first-order valence-electron chi connectivity index (χ1n) is 6.89. The molecule has 0 bridgehead atoms. The summed E-state index contributed by atoms with van der Waals surface area (Å²) in [7, 11) is 1.91. The largest absolute Gasteiger partial charge is 0.399 e. The van der Waals surface area contributed by atoms with E-state index in [1.807, 2.05) is 30.1 Å². The molecule has 1 amide bonds. The molecule has 0 unspecified atom stereocenters. The van der Waals surface area contributed by atoms with Crippen molar-refractivity contribution >= 4 is 23.0 Å². The average molecular weight is 283 g/mol. The van der Waals surface area contributed by atoms with E-state index in [1.165, 1.54) is 5.56 Å². The molecular weight excluding hydrogens is 262 g/mol. The van der Waals surface area contributed by atoms with E-state index in [0.29, 0.717) is 17.9 Å². The van der Waals surface area contributed by atoms with Gasteiger partial charge >= 0.3 is 0 Å². The molecule has 0 saturated heterocycles. The lowest BCUT2D eigenvalue weighted by atomic mass is 10.1. The van der Waals surface area contributed by atoms with Gasteiger partial charge in [0.2, 0.25) is 5.91 Å². The Labute approximate surface area is 125 Å². The smallest absolute Gasteiger partial charge is 0.243 e. The van der Waals surface area contributed by atoms with Crippen molar-refractivity contribution in [2.24, 2.45) is 0 Å². The molecule has 2 rings (SSSR count).